The fourth-order valence-corrected chi connectivity index (χ4v) is 4.47. The van der Waals surface area contributed by atoms with Crippen molar-refractivity contribution in [3.05, 3.63) is 29.8 Å². The zero-order valence-corrected chi connectivity index (χ0v) is 13.9. The molecule has 0 radical (unpaired) electrons. The Morgan fingerprint density at radius 1 is 1.24 bits per heavy atom. The number of benzene rings is 1. The highest BCUT2D eigenvalue weighted by molar-refractivity contribution is 7.89. The van der Waals surface area contributed by atoms with Gasteiger partial charge in [-0.15, -0.1) is 0 Å². The van der Waals surface area contributed by atoms with E-state index in [0.29, 0.717) is 23.3 Å². The molecule has 1 aliphatic carbocycles. The maximum atomic E-state index is 12.6. The van der Waals surface area contributed by atoms with Gasteiger partial charge in [-0.25, -0.2) is 13.1 Å². The first-order chi connectivity index (χ1) is 9.94. The summed E-state index contributed by atoms with van der Waals surface area (Å²) in [5.74, 6) is 0.955. The highest BCUT2D eigenvalue weighted by atomic mass is 32.2. The summed E-state index contributed by atoms with van der Waals surface area (Å²) < 4.78 is 28.1. The molecule has 0 spiro atoms. The lowest BCUT2D eigenvalue weighted by atomic mass is 9.78. The third-order valence-electron chi connectivity index (χ3n) is 4.60. The molecule has 0 saturated heterocycles. The van der Waals surface area contributed by atoms with Crippen LogP contribution in [0.15, 0.2) is 29.2 Å². The maximum Gasteiger partial charge on any atom is 0.240 e. The van der Waals surface area contributed by atoms with Gasteiger partial charge in [-0.2, -0.15) is 0 Å². The molecule has 1 saturated carbocycles. The van der Waals surface area contributed by atoms with E-state index in [2.05, 4.69) is 23.9 Å². The van der Waals surface area contributed by atoms with E-state index in [0.717, 1.165) is 18.4 Å². The van der Waals surface area contributed by atoms with E-state index in [9.17, 15) is 8.42 Å². The van der Waals surface area contributed by atoms with E-state index in [1.807, 2.05) is 13.1 Å². The molecule has 1 aliphatic rings. The molecule has 1 fully saturated rings. The SMILES string of the molecule is CNCc1cccc(S(=O)(=O)NC2CCCC(C)C2C)c1. The fourth-order valence-electron chi connectivity index (χ4n) is 3.04. The van der Waals surface area contributed by atoms with Crippen LogP contribution in [0.5, 0.6) is 0 Å². The van der Waals surface area contributed by atoms with Crippen LogP contribution in [0.3, 0.4) is 0 Å². The Morgan fingerprint density at radius 3 is 2.71 bits per heavy atom. The third kappa shape index (κ3) is 4.05. The third-order valence-corrected chi connectivity index (χ3v) is 6.09. The average molecular weight is 310 g/mol. The van der Waals surface area contributed by atoms with Gasteiger partial charge in [-0.1, -0.05) is 38.8 Å². The Morgan fingerprint density at radius 2 is 2.00 bits per heavy atom. The monoisotopic (exact) mass is 310 g/mol. The van der Waals surface area contributed by atoms with E-state index in [4.69, 9.17) is 0 Å². The highest BCUT2D eigenvalue weighted by Gasteiger charge is 2.30. The Labute approximate surface area is 128 Å². The van der Waals surface area contributed by atoms with Gasteiger partial charge in [0.1, 0.15) is 0 Å². The highest BCUT2D eigenvalue weighted by Crippen LogP contribution is 2.30. The lowest BCUT2D eigenvalue weighted by molar-refractivity contribution is 0.227. The summed E-state index contributed by atoms with van der Waals surface area (Å²) >= 11 is 0. The molecule has 3 atom stereocenters. The summed E-state index contributed by atoms with van der Waals surface area (Å²) in [4.78, 5) is 0.362. The predicted octanol–water partition coefficient (Wildman–Crippen LogP) is 2.51. The molecule has 0 amide bonds. The molecule has 0 aliphatic heterocycles. The van der Waals surface area contributed by atoms with Crippen molar-refractivity contribution in [1.82, 2.24) is 10.0 Å². The molecule has 0 heterocycles. The van der Waals surface area contributed by atoms with Crippen LogP contribution in [0.25, 0.3) is 0 Å². The molecule has 5 heteroatoms. The first-order valence-corrected chi connectivity index (χ1v) is 9.18. The minimum atomic E-state index is -3.43. The van der Waals surface area contributed by atoms with Crippen molar-refractivity contribution in [3.63, 3.8) is 0 Å². The van der Waals surface area contributed by atoms with Crippen LogP contribution in [0.4, 0.5) is 0 Å². The molecular weight excluding hydrogens is 284 g/mol. The predicted molar refractivity (Wildman–Crippen MR) is 85.5 cm³/mol. The summed E-state index contributed by atoms with van der Waals surface area (Å²) in [6, 6.07) is 7.19. The van der Waals surface area contributed by atoms with Gasteiger partial charge in [0.2, 0.25) is 10.0 Å². The van der Waals surface area contributed by atoms with Crippen LogP contribution in [-0.2, 0) is 16.6 Å². The Kier molecular flexibility index (Phi) is 5.41. The lowest BCUT2D eigenvalue weighted by Crippen LogP contribution is -2.43. The van der Waals surface area contributed by atoms with Crippen LogP contribution in [-0.4, -0.2) is 21.5 Å². The standard InChI is InChI=1S/C16H26N2O2S/c1-12-6-4-9-16(13(12)2)18-21(19,20)15-8-5-7-14(10-15)11-17-3/h5,7-8,10,12-13,16-18H,4,6,9,11H2,1-3H3. The van der Waals surface area contributed by atoms with Crippen LogP contribution in [0.1, 0.15) is 38.7 Å². The van der Waals surface area contributed by atoms with E-state index < -0.39 is 10.0 Å². The molecule has 118 valence electrons. The molecule has 3 unspecified atom stereocenters. The topological polar surface area (TPSA) is 58.2 Å². The normalized spacial score (nSPS) is 26.7. The second-order valence-electron chi connectivity index (χ2n) is 6.17. The van der Waals surface area contributed by atoms with E-state index >= 15 is 0 Å². The zero-order valence-electron chi connectivity index (χ0n) is 13.1. The van der Waals surface area contributed by atoms with E-state index in [-0.39, 0.29) is 6.04 Å². The maximum absolute atomic E-state index is 12.6. The molecule has 21 heavy (non-hydrogen) atoms. The van der Waals surface area contributed by atoms with Crippen molar-refractivity contribution in [3.8, 4) is 0 Å². The minimum absolute atomic E-state index is 0.0479. The summed E-state index contributed by atoms with van der Waals surface area (Å²) in [5.41, 5.74) is 0.977. The van der Waals surface area contributed by atoms with Crippen molar-refractivity contribution in [2.24, 2.45) is 11.8 Å². The summed E-state index contributed by atoms with van der Waals surface area (Å²) in [7, 11) is -1.58. The molecule has 4 nitrogen and oxygen atoms in total. The molecule has 0 bridgehead atoms. The van der Waals surface area contributed by atoms with Gasteiger partial charge in [-0.05, 0) is 43.0 Å². The molecule has 1 aromatic rings. The number of rotatable bonds is 5. The lowest BCUT2D eigenvalue weighted by Gasteiger charge is -2.34. The Balaban J connectivity index is 2.16. The van der Waals surface area contributed by atoms with E-state index in [1.165, 1.54) is 6.42 Å². The second kappa shape index (κ2) is 6.90. The number of hydrogen-bond acceptors (Lipinski definition) is 3. The molecular formula is C16H26N2O2S. The van der Waals surface area contributed by atoms with Gasteiger partial charge in [-0.3, -0.25) is 0 Å². The van der Waals surface area contributed by atoms with Gasteiger partial charge in [0, 0.05) is 12.6 Å². The molecule has 1 aromatic carbocycles. The first kappa shape index (κ1) is 16.5. The van der Waals surface area contributed by atoms with Crippen LogP contribution < -0.4 is 10.0 Å². The largest absolute Gasteiger partial charge is 0.316 e. The summed E-state index contributed by atoms with van der Waals surface area (Å²) in [6.07, 6.45) is 3.22. The average Bonchev–Trinajstić information content (AvgIpc) is 2.44. The number of sulfonamides is 1. The van der Waals surface area contributed by atoms with Gasteiger partial charge >= 0.3 is 0 Å². The van der Waals surface area contributed by atoms with Crippen molar-refractivity contribution in [2.45, 2.75) is 50.6 Å². The summed E-state index contributed by atoms with van der Waals surface area (Å²) in [6.45, 7) is 5.02. The summed E-state index contributed by atoms with van der Waals surface area (Å²) in [5, 5.41) is 3.04. The van der Waals surface area contributed by atoms with Gasteiger partial charge < -0.3 is 5.32 Å². The van der Waals surface area contributed by atoms with Crippen LogP contribution >= 0.6 is 0 Å². The Bertz CT molecular complexity index is 571. The van der Waals surface area contributed by atoms with Crippen LogP contribution in [0.2, 0.25) is 0 Å². The quantitative estimate of drug-likeness (QED) is 0.878. The van der Waals surface area contributed by atoms with E-state index in [1.54, 1.807) is 18.2 Å². The zero-order chi connectivity index (χ0) is 15.5. The Hall–Kier alpha value is -0.910. The van der Waals surface area contributed by atoms with Gasteiger partial charge in [0.05, 0.1) is 4.90 Å². The van der Waals surface area contributed by atoms with Crippen molar-refractivity contribution >= 4 is 10.0 Å². The minimum Gasteiger partial charge on any atom is -0.316 e. The number of nitrogens with one attached hydrogen (secondary N) is 2. The van der Waals surface area contributed by atoms with Gasteiger partial charge in [0.25, 0.3) is 0 Å². The molecule has 2 N–H and O–H groups in total. The first-order valence-electron chi connectivity index (χ1n) is 7.70. The molecule has 0 aromatic heterocycles. The van der Waals surface area contributed by atoms with Crippen molar-refractivity contribution in [1.29, 1.82) is 0 Å². The molecule has 2 rings (SSSR count). The fraction of sp³-hybridized carbons (Fsp3) is 0.625. The van der Waals surface area contributed by atoms with Gasteiger partial charge in [0.15, 0.2) is 0 Å². The smallest absolute Gasteiger partial charge is 0.240 e. The van der Waals surface area contributed by atoms with Crippen LogP contribution in [0, 0.1) is 11.8 Å². The number of hydrogen-bond donors (Lipinski definition) is 2. The van der Waals surface area contributed by atoms with Crippen molar-refractivity contribution in [2.75, 3.05) is 7.05 Å². The second-order valence-corrected chi connectivity index (χ2v) is 7.89. The van der Waals surface area contributed by atoms with Crippen molar-refractivity contribution < 1.29 is 8.42 Å².